The number of ether oxygens (including phenoxy) is 2. The highest BCUT2D eigenvalue weighted by molar-refractivity contribution is 7.53. The van der Waals surface area contributed by atoms with Crippen LogP contribution in [0.5, 0.6) is 0 Å². The maximum atomic E-state index is 12.9. The first-order valence-electron chi connectivity index (χ1n) is 10.9. The van der Waals surface area contributed by atoms with Crippen LogP contribution in [0.15, 0.2) is 6.33 Å². The first-order chi connectivity index (χ1) is 15.5. The largest absolute Gasteiger partial charge is 0.438 e. The summed E-state index contributed by atoms with van der Waals surface area (Å²) >= 11 is 0. The van der Waals surface area contributed by atoms with Crippen molar-refractivity contribution in [3.05, 3.63) is 6.33 Å². The summed E-state index contributed by atoms with van der Waals surface area (Å²) in [6.45, 7) is 5.12. The second kappa shape index (κ2) is 8.83. The SMILES string of the molecule is COP(=O)(COC1(Cn2cnc3c(NC4CC4)nc(N)nc32)CC1)OCOC(=O)C(C)(C)C. The van der Waals surface area contributed by atoms with E-state index in [9.17, 15) is 9.36 Å². The molecule has 1 atom stereocenters. The number of carbonyl (C=O) groups excluding carboxylic acids is 1. The number of hydrogen-bond acceptors (Lipinski definition) is 11. The summed E-state index contributed by atoms with van der Waals surface area (Å²) < 4.78 is 36.1. The number of nitrogens with zero attached hydrogens (tertiary/aromatic N) is 4. The van der Waals surface area contributed by atoms with Crippen LogP contribution in [-0.4, -0.2) is 57.4 Å². The molecule has 0 spiro atoms. The lowest BCUT2D eigenvalue weighted by Gasteiger charge is -2.22. The normalized spacial score (nSPS) is 19.3. The van der Waals surface area contributed by atoms with Gasteiger partial charge in [0.25, 0.3) is 0 Å². The molecule has 182 valence electrons. The molecule has 0 saturated heterocycles. The molecule has 0 aromatic carbocycles. The average molecular weight is 482 g/mol. The summed E-state index contributed by atoms with van der Waals surface area (Å²) in [6.07, 6.45) is 5.14. The molecule has 33 heavy (non-hydrogen) atoms. The summed E-state index contributed by atoms with van der Waals surface area (Å²) in [6, 6.07) is 0.400. The predicted molar refractivity (Wildman–Crippen MR) is 120 cm³/mol. The third-order valence-corrected chi connectivity index (χ3v) is 7.02. The second-order valence-corrected chi connectivity index (χ2v) is 11.7. The van der Waals surface area contributed by atoms with Crippen molar-refractivity contribution in [2.24, 2.45) is 5.41 Å². The lowest BCUT2D eigenvalue weighted by molar-refractivity contribution is -0.160. The van der Waals surface area contributed by atoms with Gasteiger partial charge in [0.15, 0.2) is 17.0 Å². The van der Waals surface area contributed by atoms with Crippen molar-refractivity contribution in [3.63, 3.8) is 0 Å². The fraction of sp³-hybridized carbons (Fsp3) is 0.700. The summed E-state index contributed by atoms with van der Waals surface area (Å²) in [5, 5.41) is 3.34. The zero-order chi connectivity index (χ0) is 23.9. The molecule has 0 aliphatic heterocycles. The topological polar surface area (TPSA) is 153 Å². The van der Waals surface area contributed by atoms with Gasteiger partial charge in [0.1, 0.15) is 6.35 Å². The van der Waals surface area contributed by atoms with Gasteiger partial charge in [-0.2, -0.15) is 9.97 Å². The first kappa shape index (κ1) is 23.9. The number of carbonyl (C=O) groups is 1. The summed E-state index contributed by atoms with van der Waals surface area (Å²) in [4.78, 5) is 25.0. The van der Waals surface area contributed by atoms with Crippen LogP contribution < -0.4 is 11.1 Å². The van der Waals surface area contributed by atoms with E-state index in [1.54, 1.807) is 27.1 Å². The van der Waals surface area contributed by atoms with Crippen molar-refractivity contribution in [2.75, 3.05) is 31.3 Å². The Morgan fingerprint density at radius 2 is 2.06 bits per heavy atom. The monoisotopic (exact) mass is 482 g/mol. The summed E-state index contributed by atoms with van der Waals surface area (Å²) in [5.41, 5.74) is 5.94. The molecule has 1 unspecified atom stereocenters. The molecule has 2 heterocycles. The van der Waals surface area contributed by atoms with E-state index >= 15 is 0 Å². The van der Waals surface area contributed by atoms with Crippen molar-refractivity contribution in [2.45, 2.75) is 64.6 Å². The van der Waals surface area contributed by atoms with Crippen LogP contribution in [0.4, 0.5) is 11.8 Å². The molecular weight excluding hydrogens is 451 g/mol. The Balaban J connectivity index is 1.38. The third kappa shape index (κ3) is 5.81. The number of aromatic nitrogens is 4. The minimum absolute atomic E-state index is 0.167. The lowest BCUT2D eigenvalue weighted by Crippen LogP contribution is -2.25. The standard InChI is InChI=1S/C20H31N6O6P/c1-19(2,3)17(27)30-11-32-33(28,29-4)12-31-20(7-8-20)9-26-10-22-14-15(23-13-5-6-13)24-18(21)25-16(14)26/h10,13H,5-9,11-12H2,1-4H3,(H3,21,23,24,25). The van der Waals surface area contributed by atoms with Crippen LogP contribution in [0, 0.1) is 5.41 Å². The summed E-state index contributed by atoms with van der Waals surface area (Å²) in [7, 11) is -2.34. The van der Waals surface area contributed by atoms with E-state index in [-0.39, 0.29) is 12.3 Å². The van der Waals surface area contributed by atoms with Crippen molar-refractivity contribution in [1.29, 1.82) is 0 Å². The maximum Gasteiger partial charge on any atom is 0.358 e. The fourth-order valence-electron chi connectivity index (χ4n) is 3.13. The average Bonchev–Trinajstić information content (AvgIpc) is 3.67. The number of imidazole rings is 1. The molecule has 2 fully saturated rings. The van der Waals surface area contributed by atoms with Gasteiger partial charge < -0.3 is 29.6 Å². The van der Waals surface area contributed by atoms with E-state index in [1.807, 2.05) is 4.57 Å². The fourth-order valence-corrected chi connectivity index (χ4v) is 4.06. The van der Waals surface area contributed by atoms with Gasteiger partial charge in [0.2, 0.25) is 12.7 Å². The number of fused-ring (bicyclic) bond motifs is 1. The quantitative estimate of drug-likeness (QED) is 0.276. The van der Waals surface area contributed by atoms with E-state index < -0.39 is 31.4 Å². The number of nitrogen functional groups attached to an aromatic ring is 1. The molecule has 3 N–H and O–H groups in total. The van der Waals surface area contributed by atoms with Gasteiger partial charge in [-0.15, -0.1) is 0 Å². The molecular formula is C20H31N6O6P. The number of rotatable bonds is 11. The molecule has 0 bridgehead atoms. The Hall–Kier alpha value is -2.27. The van der Waals surface area contributed by atoms with Crippen LogP contribution in [0.3, 0.4) is 0 Å². The minimum atomic E-state index is -3.61. The second-order valence-electron chi connectivity index (χ2n) is 9.57. The Morgan fingerprint density at radius 3 is 2.67 bits per heavy atom. The van der Waals surface area contributed by atoms with Crippen molar-refractivity contribution in [3.8, 4) is 0 Å². The van der Waals surface area contributed by atoms with Crippen LogP contribution in [0.2, 0.25) is 0 Å². The van der Waals surface area contributed by atoms with Gasteiger partial charge >= 0.3 is 13.6 Å². The Morgan fingerprint density at radius 1 is 1.33 bits per heavy atom. The molecule has 2 aromatic rings. The lowest BCUT2D eigenvalue weighted by atomic mass is 9.98. The van der Waals surface area contributed by atoms with E-state index in [2.05, 4.69) is 20.3 Å². The smallest absolute Gasteiger partial charge is 0.358 e. The molecule has 13 heteroatoms. The van der Waals surface area contributed by atoms with Crippen molar-refractivity contribution in [1.82, 2.24) is 19.5 Å². The Kier molecular flexibility index (Phi) is 6.38. The Bertz CT molecular complexity index is 1070. The van der Waals surface area contributed by atoms with Crippen molar-refractivity contribution >= 4 is 36.5 Å². The maximum absolute atomic E-state index is 12.9. The first-order valence-corrected chi connectivity index (χ1v) is 12.6. The van der Waals surface area contributed by atoms with E-state index in [1.165, 1.54) is 7.11 Å². The van der Waals surface area contributed by atoms with Crippen LogP contribution >= 0.6 is 7.60 Å². The number of anilines is 2. The molecule has 2 aliphatic rings. The van der Waals surface area contributed by atoms with Gasteiger partial charge in [0, 0.05) is 13.2 Å². The van der Waals surface area contributed by atoms with Gasteiger partial charge in [0.05, 0.1) is 23.9 Å². The van der Waals surface area contributed by atoms with Crippen LogP contribution in [0.1, 0.15) is 46.5 Å². The zero-order valence-electron chi connectivity index (χ0n) is 19.4. The van der Waals surface area contributed by atoms with E-state index in [4.69, 9.17) is 24.3 Å². The van der Waals surface area contributed by atoms with Crippen molar-refractivity contribution < 1.29 is 27.9 Å². The highest BCUT2D eigenvalue weighted by Gasteiger charge is 2.47. The predicted octanol–water partition coefficient (Wildman–Crippen LogP) is 2.89. The molecule has 4 rings (SSSR count). The number of hydrogen-bond donors (Lipinski definition) is 2. The van der Waals surface area contributed by atoms with Gasteiger partial charge in [-0.05, 0) is 46.5 Å². The Labute approximate surface area is 192 Å². The summed E-state index contributed by atoms with van der Waals surface area (Å²) in [5.74, 6) is 0.334. The van der Waals surface area contributed by atoms with Gasteiger partial charge in [-0.1, -0.05) is 0 Å². The molecule has 2 saturated carbocycles. The molecule has 0 amide bonds. The van der Waals surface area contributed by atoms with E-state index in [0.29, 0.717) is 29.6 Å². The zero-order valence-corrected chi connectivity index (χ0v) is 20.3. The van der Waals surface area contributed by atoms with E-state index in [0.717, 1.165) is 25.7 Å². The highest BCUT2D eigenvalue weighted by atomic mass is 31.2. The van der Waals surface area contributed by atoms with Gasteiger partial charge in [-0.3, -0.25) is 13.9 Å². The third-order valence-electron chi connectivity index (χ3n) is 5.52. The number of nitrogens with one attached hydrogen (secondary N) is 1. The number of esters is 1. The molecule has 2 aromatic heterocycles. The number of nitrogens with two attached hydrogens (primary N) is 1. The molecule has 12 nitrogen and oxygen atoms in total. The van der Waals surface area contributed by atoms with Crippen LogP contribution in [-0.2, 0) is 34.4 Å². The van der Waals surface area contributed by atoms with Gasteiger partial charge in [-0.25, -0.2) is 4.98 Å². The molecule has 0 radical (unpaired) electrons. The minimum Gasteiger partial charge on any atom is -0.438 e. The van der Waals surface area contributed by atoms with Crippen LogP contribution in [0.25, 0.3) is 11.2 Å². The highest BCUT2D eigenvalue weighted by Crippen LogP contribution is 2.51. The molecule has 2 aliphatic carbocycles.